The zero-order valence-electron chi connectivity index (χ0n) is 33.3. The Hall–Kier alpha value is -6.78. The first kappa shape index (κ1) is 35.2. The van der Waals surface area contributed by atoms with Crippen molar-refractivity contribution >= 4 is 80.1 Å². The summed E-state index contributed by atoms with van der Waals surface area (Å²) in [6, 6.07) is 74.1. The Morgan fingerprint density at radius 1 is 0.367 bits per heavy atom. The highest BCUT2D eigenvalue weighted by Gasteiger charge is 2.39. The molecule has 0 atom stereocenters. The van der Waals surface area contributed by atoms with Gasteiger partial charge in [-0.15, -0.1) is 22.7 Å². The summed E-state index contributed by atoms with van der Waals surface area (Å²) in [7, 11) is 0. The van der Waals surface area contributed by atoms with Crippen molar-refractivity contribution in [3.05, 3.63) is 211 Å². The molecule has 0 unspecified atom stereocenters. The maximum Gasteiger partial charge on any atom is 0.0468 e. The zero-order chi connectivity index (χ0) is 40.0. The summed E-state index contributed by atoms with van der Waals surface area (Å²) in [4.78, 5) is 2.44. The van der Waals surface area contributed by atoms with Gasteiger partial charge in [0.1, 0.15) is 0 Å². The molecule has 2 heterocycles. The monoisotopic (exact) mass is 801 g/mol. The molecular formula is C57H39NS2. The highest BCUT2D eigenvalue weighted by Crippen LogP contribution is 2.57. The number of hydrogen-bond acceptors (Lipinski definition) is 3. The third-order valence-electron chi connectivity index (χ3n) is 12.7. The smallest absolute Gasteiger partial charge is 0.0468 e. The Labute approximate surface area is 358 Å². The van der Waals surface area contributed by atoms with Crippen LogP contribution >= 0.6 is 22.7 Å². The van der Waals surface area contributed by atoms with E-state index < -0.39 is 0 Å². The van der Waals surface area contributed by atoms with Crippen molar-refractivity contribution in [2.45, 2.75) is 19.3 Å². The van der Waals surface area contributed by atoms with Crippen LogP contribution in [0.25, 0.3) is 84.9 Å². The van der Waals surface area contributed by atoms with E-state index in [1.165, 1.54) is 96.0 Å². The number of rotatable bonds is 6. The maximum atomic E-state index is 2.50. The number of thiophene rings is 2. The fourth-order valence-electron chi connectivity index (χ4n) is 9.77. The third kappa shape index (κ3) is 5.43. The molecule has 1 nitrogen and oxygen atoms in total. The second-order valence-electron chi connectivity index (χ2n) is 16.4. The third-order valence-corrected chi connectivity index (χ3v) is 15.0. The fraction of sp³-hybridized carbons (Fsp3) is 0.0526. The van der Waals surface area contributed by atoms with Gasteiger partial charge in [-0.05, 0) is 110 Å². The maximum absolute atomic E-state index is 2.50. The molecule has 0 saturated heterocycles. The van der Waals surface area contributed by atoms with Crippen LogP contribution in [0.2, 0.25) is 0 Å². The predicted molar refractivity (Wildman–Crippen MR) is 261 cm³/mol. The summed E-state index contributed by atoms with van der Waals surface area (Å²) in [5.74, 6) is 0. The van der Waals surface area contributed by atoms with E-state index in [1.807, 2.05) is 22.7 Å². The number of benzene rings is 9. The molecule has 284 valence electrons. The van der Waals surface area contributed by atoms with Crippen LogP contribution in [-0.2, 0) is 5.41 Å². The molecule has 0 fully saturated rings. The normalized spacial score (nSPS) is 13.0. The molecule has 1 aliphatic rings. The lowest BCUT2D eigenvalue weighted by atomic mass is 9.81. The Kier molecular flexibility index (Phi) is 8.00. The quantitative estimate of drug-likeness (QED) is 0.162. The predicted octanol–water partition coefficient (Wildman–Crippen LogP) is 17.2. The van der Waals surface area contributed by atoms with Gasteiger partial charge in [0, 0.05) is 62.8 Å². The standard InChI is InChI=1S/C57H39NS2/c1-57(2)48-33-32-42(34-47(48)54-49(57)35-52-55(46-19-10-12-23-51(46)59-52)53(54)39-16-7-4-8-17-39)58(40-28-24-37(25-29-40)36-14-5-3-6-15-36)41-30-26-38(27-31-41)43-20-13-21-45-44-18-9-11-22-50(44)60-56(43)45/h3-35H,1-2H3. The van der Waals surface area contributed by atoms with E-state index >= 15 is 0 Å². The van der Waals surface area contributed by atoms with Crippen LogP contribution in [0.4, 0.5) is 17.1 Å². The molecule has 0 aliphatic heterocycles. The van der Waals surface area contributed by atoms with Crippen molar-refractivity contribution in [1.82, 2.24) is 0 Å². The van der Waals surface area contributed by atoms with Gasteiger partial charge in [0.15, 0.2) is 0 Å². The topological polar surface area (TPSA) is 3.24 Å². The van der Waals surface area contributed by atoms with Crippen molar-refractivity contribution in [2.75, 3.05) is 4.90 Å². The van der Waals surface area contributed by atoms with Gasteiger partial charge in [0.25, 0.3) is 0 Å². The van der Waals surface area contributed by atoms with E-state index in [4.69, 9.17) is 0 Å². The lowest BCUT2D eigenvalue weighted by molar-refractivity contribution is 0.661. The molecule has 11 aromatic rings. The van der Waals surface area contributed by atoms with Crippen molar-refractivity contribution in [3.8, 4) is 44.5 Å². The van der Waals surface area contributed by atoms with E-state index in [9.17, 15) is 0 Å². The van der Waals surface area contributed by atoms with Crippen LogP contribution in [-0.4, -0.2) is 0 Å². The van der Waals surface area contributed by atoms with E-state index in [-0.39, 0.29) is 5.41 Å². The van der Waals surface area contributed by atoms with Crippen molar-refractivity contribution in [1.29, 1.82) is 0 Å². The number of nitrogens with zero attached hydrogens (tertiary/aromatic N) is 1. The Morgan fingerprint density at radius 2 is 0.933 bits per heavy atom. The lowest BCUT2D eigenvalue weighted by Crippen LogP contribution is -2.15. The van der Waals surface area contributed by atoms with E-state index in [2.05, 4.69) is 219 Å². The van der Waals surface area contributed by atoms with Gasteiger partial charge in [-0.1, -0.05) is 159 Å². The molecule has 60 heavy (non-hydrogen) atoms. The lowest BCUT2D eigenvalue weighted by Gasteiger charge is -2.27. The molecule has 9 aromatic carbocycles. The molecule has 0 saturated carbocycles. The van der Waals surface area contributed by atoms with Gasteiger partial charge in [0.2, 0.25) is 0 Å². The first-order valence-corrected chi connectivity index (χ1v) is 22.3. The molecule has 0 N–H and O–H groups in total. The molecule has 0 bridgehead atoms. The summed E-state index contributed by atoms with van der Waals surface area (Å²) in [6.07, 6.45) is 0. The first-order chi connectivity index (χ1) is 29.5. The van der Waals surface area contributed by atoms with Crippen LogP contribution < -0.4 is 4.90 Å². The summed E-state index contributed by atoms with van der Waals surface area (Å²) in [5.41, 5.74) is 16.1. The SMILES string of the molecule is CC1(C)c2ccc(N(c3ccc(-c4ccccc4)cc3)c3ccc(-c4cccc5c4sc4ccccc45)cc3)cc2-c2c1cc1sc3ccccc3c1c2-c1ccccc1. The molecule has 0 radical (unpaired) electrons. The van der Waals surface area contributed by atoms with Crippen molar-refractivity contribution < 1.29 is 0 Å². The Morgan fingerprint density at radius 3 is 1.65 bits per heavy atom. The molecule has 2 aromatic heterocycles. The molecular weight excluding hydrogens is 763 g/mol. The average Bonchev–Trinajstić information content (AvgIpc) is 3.94. The summed E-state index contributed by atoms with van der Waals surface area (Å²) < 4.78 is 5.34. The molecule has 3 heteroatoms. The minimum absolute atomic E-state index is 0.172. The van der Waals surface area contributed by atoms with Crippen molar-refractivity contribution in [3.63, 3.8) is 0 Å². The summed E-state index contributed by atoms with van der Waals surface area (Å²) >= 11 is 3.79. The minimum atomic E-state index is -0.172. The molecule has 12 rings (SSSR count). The van der Waals surface area contributed by atoms with Crippen LogP contribution in [0.15, 0.2) is 200 Å². The second-order valence-corrected chi connectivity index (χ2v) is 18.6. The minimum Gasteiger partial charge on any atom is -0.310 e. The summed E-state index contributed by atoms with van der Waals surface area (Å²) in [6.45, 7) is 4.81. The number of fused-ring (bicyclic) bond motifs is 9. The molecule has 0 spiro atoms. The van der Waals surface area contributed by atoms with Gasteiger partial charge in [-0.25, -0.2) is 0 Å². The van der Waals surface area contributed by atoms with Crippen molar-refractivity contribution in [2.24, 2.45) is 0 Å². The summed E-state index contributed by atoms with van der Waals surface area (Å²) in [5, 5.41) is 5.33. The van der Waals surface area contributed by atoms with E-state index in [0.717, 1.165) is 17.1 Å². The Balaban J connectivity index is 1.05. The van der Waals surface area contributed by atoms with Crippen LogP contribution in [0, 0.1) is 0 Å². The zero-order valence-corrected chi connectivity index (χ0v) is 34.9. The molecule has 0 amide bonds. The average molecular weight is 802 g/mol. The van der Waals surface area contributed by atoms with Gasteiger partial charge in [0.05, 0.1) is 0 Å². The van der Waals surface area contributed by atoms with Gasteiger partial charge < -0.3 is 4.90 Å². The Bertz CT molecular complexity index is 3430. The highest BCUT2D eigenvalue weighted by atomic mass is 32.1. The van der Waals surface area contributed by atoms with E-state index in [1.54, 1.807) is 0 Å². The van der Waals surface area contributed by atoms with Crippen LogP contribution in [0.1, 0.15) is 25.0 Å². The number of hydrogen-bond donors (Lipinski definition) is 0. The number of anilines is 3. The van der Waals surface area contributed by atoms with Gasteiger partial charge >= 0.3 is 0 Å². The van der Waals surface area contributed by atoms with Crippen LogP contribution in [0.3, 0.4) is 0 Å². The van der Waals surface area contributed by atoms with E-state index in [0.29, 0.717) is 0 Å². The molecule has 1 aliphatic carbocycles. The largest absolute Gasteiger partial charge is 0.310 e. The first-order valence-electron chi connectivity index (χ1n) is 20.7. The van der Waals surface area contributed by atoms with Gasteiger partial charge in [-0.3, -0.25) is 0 Å². The second kappa shape index (κ2) is 13.6. The van der Waals surface area contributed by atoms with Crippen LogP contribution in [0.5, 0.6) is 0 Å². The fourth-order valence-corrected chi connectivity index (χ4v) is 12.2. The van der Waals surface area contributed by atoms with Gasteiger partial charge in [-0.2, -0.15) is 0 Å². The highest BCUT2D eigenvalue weighted by molar-refractivity contribution is 7.26.